The second-order valence-electron chi connectivity index (χ2n) is 6.69. The fraction of sp³-hybridized carbons (Fsp3) is 0.286. The molecule has 7 nitrogen and oxygen atoms in total. The van der Waals surface area contributed by atoms with Gasteiger partial charge < -0.3 is 14.2 Å². The van der Waals surface area contributed by atoms with Crippen molar-refractivity contribution < 1.29 is 19.0 Å². The molecule has 0 spiro atoms. The van der Waals surface area contributed by atoms with Crippen molar-refractivity contribution in [2.24, 2.45) is 5.92 Å². The molecule has 0 saturated heterocycles. The summed E-state index contributed by atoms with van der Waals surface area (Å²) in [5, 5.41) is 4.73. The number of benzene rings is 2. The van der Waals surface area contributed by atoms with E-state index in [-0.39, 0.29) is 17.8 Å². The van der Waals surface area contributed by atoms with E-state index < -0.39 is 5.91 Å². The summed E-state index contributed by atoms with van der Waals surface area (Å²) in [5.41, 5.74) is 0.879. The summed E-state index contributed by atoms with van der Waals surface area (Å²) < 4.78 is 17.4. The largest absolute Gasteiger partial charge is 0.497 e. The molecule has 0 bridgehead atoms. The number of hydrogen-bond donors (Lipinski definition) is 0. The summed E-state index contributed by atoms with van der Waals surface area (Å²) >= 11 is 6.34. The summed E-state index contributed by atoms with van der Waals surface area (Å²) in [6.45, 7) is 4.45. The number of aromatic nitrogens is 3. The van der Waals surface area contributed by atoms with Gasteiger partial charge in [-0.05, 0) is 30.2 Å². The van der Waals surface area contributed by atoms with Gasteiger partial charge in [-0.15, -0.1) is 5.10 Å². The Morgan fingerprint density at radius 3 is 2.55 bits per heavy atom. The SMILES string of the molecule is COc1ccc(C(=O)n2nc(OCC(C)C)nc2-c2ccccc2Cl)c(OC)c1. The lowest BCUT2D eigenvalue weighted by Crippen LogP contribution is -2.16. The summed E-state index contributed by atoms with van der Waals surface area (Å²) in [7, 11) is 3.03. The molecule has 0 atom stereocenters. The topological polar surface area (TPSA) is 75.5 Å². The molecule has 29 heavy (non-hydrogen) atoms. The predicted octanol–water partition coefficient (Wildman–Crippen LogP) is 4.34. The Morgan fingerprint density at radius 2 is 1.90 bits per heavy atom. The molecule has 1 heterocycles. The molecule has 0 aliphatic heterocycles. The highest BCUT2D eigenvalue weighted by atomic mass is 35.5. The van der Waals surface area contributed by atoms with E-state index in [9.17, 15) is 4.79 Å². The number of ether oxygens (including phenoxy) is 3. The van der Waals surface area contributed by atoms with E-state index in [0.29, 0.717) is 34.3 Å². The van der Waals surface area contributed by atoms with Gasteiger partial charge in [0, 0.05) is 11.6 Å². The van der Waals surface area contributed by atoms with Gasteiger partial charge in [-0.25, -0.2) is 0 Å². The minimum atomic E-state index is -0.425. The van der Waals surface area contributed by atoms with Gasteiger partial charge >= 0.3 is 6.01 Å². The lowest BCUT2D eigenvalue weighted by atomic mass is 10.1. The zero-order chi connectivity index (χ0) is 21.0. The van der Waals surface area contributed by atoms with Crippen LogP contribution in [-0.2, 0) is 0 Å². The van der Waals surface area contributed by atoms with E-state index in [2.05, 4.69) is 10.1 Å². The van der Waals surface area contributed by atoms with Crippen LogP contribution in [0.4, 0.5) is 0 Å². The van der Waals surface area contributed by atoms with E-state index in [1.165, 1.54) is 11.8 Å². The quantitative estimate of drug-likeness (QED) is 0.571. The number of nitrogens with zero attached hydrogens (tertiary/aromatic N) is 3. The molecule has 8 heteroatoms. The maximum Gasteiger partial charge on any atom is 0.336 e. The maximum absolute atomic E-state index is 13.3. The van der Waals surface area contributed by atoms with Crippen molar-refractivity contribution in [2.75, 3.05) is 20.8 Å². The van der Waals surface area contributed by atoms with Crippen molar-refractivity contribution in [1.29, 1.82) is 0 Å². The van der Waals surface area contributed by atoms with E-state index in [1.54, 1.807) is 43.5 Å². The normalized spacial score (nSPS) is 10.8. The lowest BCUT2D eigenvalue weighted by Gasteiger charge is -2.11. The van der Waals surface area contributed by atoms with Gasteiger partial charge in [0.1, 0.15) is 11.5 Å². The average molecular weight is 416 g/mol. The standard InChI is InChI=1S/C21H22ClN3O4/c1-13(2)12-29-21-23-19(15-7-5-6-8-17(15)22)25(24-21)20(26)16-10-9-14(27-3)11-18(16)28-4/h5-11,13H,12H2,1-4H3. The molecule has 0 fully saturated rings. The van der Waals surface area contributed by atoms with Gasteiger partial charge in [0.15, 0.2) is 5.82 Å². The molecule has 3 aromatic rings. The van der Waals surface area contributed by atoms with E-state index >= 15 is 0 Å². The van der Waals surface area contributed by atoms with Crippen LogP contribution < -0.4 is 14.2 Å². The predicted molar refractivity (Wildman–Crippen MR) is 110 cm³/mol. The number of rotatable bonds is 7. The number of carbonyl (C=O) groups excluding carboxylic acids is 1. The summed E-state index contributed by atoms with van der Waals surface area (Å²) in [6, 6.07) is 12.1. The molecule has 0 aliphatic carbocycles. The monoisotopic (exact) mass is 415 g/mol. The summed E-state index contributed by atoms with van der Waals surface area (Å²) in [4.78, 5) is 17.7. The minimum Gasteiger partial charge on any atom is -0.497 e. The van der Waals surface area contributed by atoms with Crippen LogP contribution in [0.15, 0.2) is 42.5 Å². The highest BCUT2D eigenvalue weighted by Crippen LogP contribution is 2.30. The highest BCUT2D eigenvalue weighted by molar-refractivity contribution is 6.33. The molecular weight excluding hydrogens is 394 g/mol. The Labute approximate surface area is 174 Å². The maximum atomic E-state index is 13.3. The zero-order valence-corrected chi connectivity index (χ0v) is 17.4. The van der Waals surface area contributed by atoms with Crippen LogP contribution in [0.2, 0.25) is 5.02 Å². The number of halogens is 1. The Hall–Kier alpha value is -3.06. The van der Waals surface area contributed by atoms with Crippen LogP contribution in [0.3, 0.4) is 0 Å². The molecule has 0 unspecified atom stereocenters. The minimum absolute atomic E-state index is 0.106. The van der Waals surface area contributed by atoms with E-state index in [0.717, 1.165) is 0 Å². The van der Waals surface area contributed by atoms with Crippen molar-refractivity contribution in [3.05, 3.63) is 53.1 Å². The molecule has 0 amide bonds. The third-order valence-electron chi connectivity index (χ3n) is 4.08. The highest BCUT2D eigenvalue weighted by Gasteiger charge is 2.24. The second-order valence-corrected chi connectivity index (χ2v) is 7.09. The average Bonchev–Trinajstić information content (AvgIpc) is 3.15. The smallest absolute Gasteiger partial charge is 0.336 e. The Morgan fingerprint density at radius 1 is 1.14 bits per heavy atom. The first-order chi connectivity index (χ1) is 13.9. The molecule has 152 valence electrons. The van der Waals surface area contributed by atoms with Crippen molar-refractivity contribution in [2.45, 2.75) is 13.8 Å². The second kappa shape index (κ2) is 8.96. The fourth-order valence-electron chi connectivity index (χ4n) is 2.64. The van der Waals surface area contributed by atoms with Crippen molar-refractivity contribution in [1.82, 2.24) is 14.8 Å². The Bertz CT molecular complexity index is 1020. The third-order valence-corrected chi connectivity index (χ3v) is 4.41. The molecule has 3 rings (SSSR count). The molecule has 1 aromatic heterocycles. The first-order valence-corrected chi connectivity index (χ1v) is 9.43. The van der Waals surface area contributed by atoms with Gasteiger partial charge in [-0.1, -0.05) is 37.6 Å². The molecule has 0 radical (unpaired) electrons. The summed E-state index contributed by atoms with van der Waals surface area (Å²) in [5.74, 6) is 1.08. The van der Waals surface area contributed by atoms with Gasteiger partial charge in [0.2, 0.25) is 0 Å². The zero-order valence-electron chi connectivity index (χ0n) is 16.7. The van der Waals surface area contributed by atoms with E-state index in [1.807, 2.05) is 19.9 Å². The Balaban J connectivity index is 2.10. The van der Waals surface area contributed by atoms with E-state index in [4.69, 9.17) is 25.8 Å². The van der Waals surface area contributed by atoms with Crippen molar-refractivity contribution in [3.63, 3.8) is 0 Å². The van der Waals surface area contributed by atoms with Crippen LogP contribution >= 0.6 is 11.6 Å². The first kappa shape index (κ1) is 20.7. The van der Waals surface area contributed by atoms with Gasteiger partial charge in [-0.3, -0.25) is 4.79 Å². The van der Waals surface area contributed by atoms with Gasteiger partial charge in [0.05, 0.1) is 31.4 Å². The molecular formula is C21H22ClN3O4. The lowest BCUT2D eigenvalue weighted by molar-refractivity contribution is 0.0941. The number of carbonyl (C=O) groups is 1. The molecule has 0 aliphatic rings. The van der Waals surface area contributed by atoms with Crippen LogP contribution in [-0.4, -0.2) is 41.5 Å². The van der Waals surface area contributed by atoms with Crippen LogP contribution in [0.5, 0.6) is 17.5 Å². The fourth-order valence-corrected chi connectivity index (χ4v) is 2.86. The molecule has 0 N–H and O–H groups in total. The van der Waals surface area contributed by atoms with Crippen molar-refractivity contribution >= 4 is 17.5 Å². The molecule has 0 saturated carbocycles. The van der Waals surface area contributed by atoms with Gasteiger partial charge in [-0.2, -0.15) is 9.67 Å². The number of methoxy groups -OCH3 is 2. The third kappa shape index (κ3) is 4.51. The summed E-state index contributed by atoms with van der Waals surface area (Å²) in [6.07, 6.45) is 0. The number of hydrogen-bond acceptors (Lipinski definition) is 6. The van der Waals surface area contributed by atoms with Crippen molar-refractivity contribution in [3.8, 4) is 28.9 Å². The van der Waals surface area contributed by atoms with Crippen LogP contribution in [0.25, 0.3) is 11.4 Å². The van der Waals surface area contributed by atoms with Crippen LogP contribution in [0, 0.1) is 5.92 Å². The molecule has 2 aromatic carbocycles. The van der Waals surface area contributed by atoms with Crippen LogP contribution in [0.1, 0.15) is 24.2 Å². The Kier molecular flexibility index (Phi) is 6.39. The van der Waals surface area contributed by atoms with Gasteiger partial charge in [0.25, 0.3) is 5.91 Å². The first-order valence-electron chi connectivity index (χ1n) is 9.06.